The Morgan fingerprint density at radius 3 is 2.41 bits per heavy atom. The average molecular weight is 413 g/mol. The highest BCUT2D eigenvalue weighted by molar-refractivity contribution is 6.30. The van der Waals surface area contributed by atoms with E-state index in [1.165, 1.54) is 35.0 Å². The lowest BCUT2D eigenvalue weighted by atomic mass is 10.1. The summed E-state index contributed by atoms with van der Waals surface area (Å²) in [7, 11) is 0. The number of rotatable bonds is 7. The molecule has 1 aromatic heterocycles. The van der Waals surface area contributed by atoms with Crippen molar-refractivity contribution >= 4 is 28.9 Å². The predicted molar refractivity (Wildman–Crippen MR) is 110 cm³/mol. The van der Waals surface area contributed by atoms with Crippen LogP contribution in [0.25, 0.3) is 11.3 Å². The number of amides is 1. The third-order valence-electron chi connectivity index (χ3n) is 4.14. The van der Waals surface area contributed by atoms with Gasteiger partial charge < -0.3 is 5.32 Å². The number of nitro groups is 1. The normalized spacial score (nSPS) is 10.5. The predicted octanol–water partition coefficient (Wildman–Crippen LogP) is 3.89. The zero-order chi connectivity index (χ0) is 20.8. The minimum Gasteiger partial charge on any atom is -0.326 e. The molecule has 0 aliphatic rings. The molecule has 0 aliphatic carbocycles. The van der Waals surface area contributed by atoms with Crippen molar-refractivity contribution in [3.05, 3.63) is 86.2 Å². The van der Waals surface area contributed by atoms with Gasteiger partial charge in [-0.3, -0.25) is 19.7 Å². The van der Waals surface area contributed by atoms with Gasteiger partial charge in [-0.05, 0) is 36.8 Å². The number of aromatic nitrogens is 2. The molecule has 0 bridgehead atoms. The number of benzene rings is 2. The van der Waals surface area contributed by atoms with E-state index < -0.39 is 4.92 Å². The van der Waals surface area contributed by atoms with Crippen molar-refractivity contribution in [3.63, 3.8) is 0 Å². The van der Waals surface area contributed by atoms with Crippen molar-refractivity contribution in [1.29, 1.82) is 0 Å². The van der Waals surface area contributed by atoms with Gasteiger partial charge in [-0.25, -0.2) is 4.68 Å². The van der Waals surface area contributed by atoms with Crippen molar-refractivity contribution in [2.24, 2.45) is 0 Å². The number of nitro benzene ring substituents is 1. The summed E-state index contributed by atoms with van der Waals surface area (Å²) in [5, 5.41) is 18.3. The molecule has 1 amide bonds. The molecule has 0 saturated heterocycles. The highest BCUT2D eigenvalue weighted by Crippen LogP contribution is 2.18. The number of nitrogens with one attached hydrogen (secondary N) is 1. The Kier molecular flexibility index (Phi) is 6.36. The van der Waals surface area contributed by atoms with Gasteiger partial charge in [0, 0.05) is 47.4 Å². The third-order valence-corrected chi connectivity index (χ3v) is 4.39. The molecule has 3 aromatic rings. The minimum atomic E-state index is -0.505. The molecule has 2 aromatic carbocycles. The van der Waals surface area contributed by atoms with Crippen molar-refractivity contribution < 1.29 is 9.72 Å². The summed E-state index contributed by atoms with van der Waals surface area (Å²) in [6.45, 7) is 0.286. The smallest absolute Gasteiger partial charge is 0.269 e. The van der Waals surface area contributed by atoms with E-state index in [9.17, 15) is 19.7 Å². The van der Waals surface area contributed by atoms with Crippen molar-refractivity contribution in [1.82, 2.24) is 9.78 Å². The number of nitrogens with zero attached hydrogens (tertiary/aromatic N) is 3. The highest BCUT2D eigenvalue weighted by Gasteiger charge is 2.08. The Bertz CT molecular complexity index is 1080. The van der Waals surface area contributed by atoms with Crippen LogP contribution < -0.4 is 10.9 Å². The van der Waals surface area contributed by atoms with Crippen molar-refractivity contribution in [2.45, 2.75) is 19.4 Å². The number of halogens is 1. The minimum absolute atomic E-state index is 0.0472. The van der Waals surface area contributed by atoms with Crippen LogP contribution in [0.4, 0.5) is 11.4 Å². The molecular formula is C20H17ClN4O4. The maximum Gasteiger partial charge on any atom is 0.269 e. The maximum absolute atomic E-state index is 12.1. The highest BCUT2D eigenvalue weighted by atomic mass is 35.5. The van der Waals surface area contributed by atoms with Crippen LogP contribution >= 0.6 is 11.6 Å². The van der Waals surface area contributed by atoms with E-state index in [2.05, 4.69) is 10.4 Å². The van der Waals surface area contributed by atoms with Gasteiger partial charge in [0.25, 0.3) is 11.2 Å². The topological polar surface area (TPSA) is 107 Å². The van der Waals surface area contributed by atoms with E-state index in [4.69, 9.17) is 11.6 Å². The van der Waals surface area contributed by atoms with Crippen LogP contribution in [0.5, 0.6) is 0 Å². The summed E-state index contributed by atoms with van der Waals surface area (Å²) in [6, 6.07) is 15.8. The Hall–Kier alpha value is -3.52. The fourth-order valence-corrected chi connectivity index (χ4v) is 2.79. The van der Waals surface area contributed by atoms with E-state index in [0.717, 1.165) is 5.56 Å². The first-order valence-electron chi connectivity index (χ1n) is 8.81. The molecule has 0 fully saturated rings. The van der Waals surface area contributed by atoms with Crippen LogP contribution in [-0.2, 0) is 11.3 Å². The molecule has 0 atom stereocenters. The summed E-state index contributed by atoms with van der Waals surface area (Å²) in [6.07, 6.45) is 0.589. The van der Waals surface area contributed by atoms with Crippen LogP contribution in [0.2, 0.25) is 5.02 Å². The Morgan fingerprint density at radius 2 is 1.76 bits per heavy atom. The Morgan fingerprint density at radius 1 is 1.07 bits per heavy atom. The SMILES string of the molecule is O=C(CCCn1nc(-c2ccc(Cl)cc2)ccc1=O)Nc1ccc([N+](=O)[O-])cc1. The zero-order valence-corrected chi connectivity index (χ0v) is 16.0. The van der Waals surface area contributed by atoms with Crippen molar-refractivity contribution in [2.75, 3.05) is 5.32 Å². The van der Waals surface area contributed by atoms with Gasteiger partial charge in [0.1, 0.15) is 0 Å². The molecule has 8 nitrogen and oxygen atoms in total. The molecule has 1 heterocycles. The summed E-state index contributed by atoms with van der Waals surface area (Å²) in [4.78, 5) is 34.2. The Labute approximate surface area is 170 Å². The monoisotopic (exact) mass is 412 g/mol. The number of aryl methyl sites for hydroxylation is 1. The number of carbonyl (C=O) groups excluding carboxylic acids is 1. The van der Waals surface area contributed by atoms with Gasteiger partial charge in [-0.2, -0.15) is 5.10 Å². The number of carbonyl (C=O) groups is 1. The largest absolute Gasteiger partial charge is 0.326 e. The molecule has 1 N–H and O–H groups in total. The van der Waals surface area contributed by atoms with Crippen LogP contribution in [0, 0.1) is 10.1 Å². The lowest BCUT2D eigenvalue weighted by Crippen LogP contribution is -2.23. The molecule has 0 saturated carbocycles. The molecule has 148 valence electrons. The van der Waals surface area contributed by atoms with E-state index in [1.807, 2.05) is 12.1 Å². The fraction of sp³-hybridized carbons (Fsp3) is 0.150. The molecule has 29 heavy (non-hydrogen) atoms. The van der Waals surface area contributed by atoms with Crippen LogP contribution in [0.1, 0.15) is 12.8 Å². The second kappa shape index (κ2) is 9.11. The van der Waals surface area contributed by atoms with E-state index in [-0.39, 0.29) is 30.1 Å². The number of non-ortho nitro benzene ring substituents is 1. The molecule has 0 aliphatic heterocycles. The second-order valence-electron chi connectivity index (χ2n) is 6.24. The molecular weight excluding hydrogens is 396 g/mol. The number of anilines is 1. The summed E-state index contributed by atoms with van der Waals surface area (Å²) in [5.74, 6) is -0.249. The number of hydrogen-bond donors (Lipinski definition) is 1. The van der Waals surface area contributed by atoms with Gasteiger partial charge in [0.05, 0.1) is 10.6 Å². The summed E-state index contributed by atoms with van der Waals surface area (Å²) < 4.78 is 1.32. The van der Waals surface area contributed by atoms with Crippen LogP contribution in [0.15, 0.2) is 65.5 Å². The molecule has 0 spiro atoms. The molecule has 0 unspecified atom stereocenters. The van der Waals surface area contributed by atoms with Gasteiger partial charge >= 0.3 is 0 Å². The van der Waals surface area contributed by atoms with Crippen LogP contribution in [0.3, 0.4) is 0 Å². The van der Waals surface area contributed by atoms with E-state index in [1.54, 1.807) is 18.2 Å². The molecule has 0 radical (unpaired) electrons. The van der Waals surface area contributed by atoms with Gasteiger partial charge in [0.15, 0.2) is 0 Å². The average Bonchev–Trinajstić information content (AvgIpc) is 2.70. The Balaban J connectivity index is 1.57. The van der Waals surface area contributed by atoms with Crippen molar-refractivity contribution in [3.8, 4) is 11.3 Å². The molecule has 3 rings (SSSR count). The third kappa shape index (κ3) is 5.49. The van der Waals surface area contributed by atoms with Gasteiger partial charge in [0.2, 0.25) is 5.91 Å². The first-order chi connectivity index (χ1) is 13.9. The fourth-order valence-electron chi connectivity index (χ4n) is 2.66. The van der Waals surface area contributed by atoms with Crippen LogP contribution in [-0.4, -0.2) is 20.6 Å². The lowest BCUT2D eigenvalue weighted by Gasteiger charge is -2.08. The second-order valence-corrected chi connectivity index (χ2v) is 6.68. The maximum atomic E-state index is 12.1. The van der Waals surface area contributed by atoms with Gasteiger partial charge in [-0.15, -0.1) is 0 Å². The van der Waals surface area contributed by atoms with Gasteiger partial charge in [-0.1, -0.05) is 23.7 Å². The molecule has 9 heteroatoms. The standard InChI is InChI=1S/C20H17ClN4O4/c21-15-5-3-14(4-6-15)18-11-12-20(27)24(23-18)13-1-2-19(26)22-16-7-9-17(10-8-16)25(28)29/h3-12H,1-2,13H2,(H,22,26). The van der Waals surface area contributed by atoms with E-state index >= 15 is 0 Å². The zero-order valence-electron chi connectivity index (χ0n) is 15.2. The summed E-state index contributed by atoms with van der Waals surface area (Å²) in [5.41, 5.74) is 1.64. The first-order valence-corrected chi connectivity index (χ1v) is 9.18. The summed E-state index contributed by atoms with van der Waals surface area (Å²) >= 11 is 5.89. The first kappa shape index (κ1) is 20.2. The quantitative estimate of drug-likeness (QED) is 0.468. The van der Waals surface area contributed by atoms with E-state index in [0.29, 0.717) is 22.8 Å². The number of hydrogen-bond acceptors (Lipinski definition) is 5. The lowest BCUT2D eigenvalue weighted by molar-refractivity contribution is -0.384.